The molecule has 0 aromatic carbocycles. The second-order valence-electron chi connectivity index (χ2n) is 9.25. The summed E-state index contributed by atoms with van der Waals surface area (Å²) < 4.78 is 35.8. The van der Waals surface area contributed by atoms with E-state index in [4.69, 9.17) is 4.74 Å². The summed E-state index contributed by atoms with van der Waals surface area (Å²) in [7, 11) is 0. The van der Waals surface area contributed by atoms with Crippen LogP contribution >= 0.6 is 0 Å². The monoisotopic (exact) mass is 445 g/mol. The number of carbonyl (C=O) groups excluding carboxylic acids is 1. The molecule has 3 aromatic heterocycles. The number of ether oxygens (including phenoxy) is 1. The molecule has 3 saturated heterocycles. The lowest BCUT2D eigenvalue weighted by Gasteiger charge is -2.45. The highest BCUT2D eigenvalue weighted by Crippen LogP contribution is 2.31. The van der Waals surface area contributed by atoms with Crippen LogP contribution in [-0.4, -0.2) is 55.6 Å². The molecule has 2 bridgehead atoms. The van der Waals surface area contributed by atoms with Crippen LogP contribution in [0.3, 0.4) is 0 Å². The fourth-order valence-corrected chi connectivity index (χ4v) is 4.19. The number of rotatable bonds is 4. The van der Waals surface area contributed by atoms with Crippen LogP contribution in [0.4, 0.5) is 20.3 Å². The quantitative estimate of drug-likeness (QED) is 0.663. The molecule has 32 heavy (non-hydrogen) atoms. The first-order valence-corrected chi connectivity index (χ1v) is 10.6. The summed E-state index contributed by atoms with van der Waals surface area (Å²) in [5, 5.41) is 10.7. The zero-order valence-corrected chi connectivity index (χ0v) is 18.1. The number of amides is 1. The van der Waals surface area contributed by atoms with Gasteiger partial charge in [0.05, 0.1) is 36.2 Å². The molecule has 3 aliphatic rings. The number of fused-ring (bicyclic) bond motifs is 4. The molecule has 170 valence electrons. The molecule has 1 amide bonds. The first-order chi connectivity index (χ1) is 15.2. The second kappa shape index (κ2) is 7.51. The summed E-state index contributed by atoms with van der Waals surface area (Å²) in [6, 6.07) is 2.12. The maximum Gasteiger partial charge on any atom is 0.284 e. The number of halogens is 2. The molecule has 0 spiro atoms. The summed E-state index contributed by atoms with van der Waals surface area (Å²) >= 11 is 0. The van der Waals surface area contributed by atoms with Gasteiger partial charge in [0.1, 0.15) is 11.4 Å². The topological polar surface area (TPSA) is 89.6 Å². The van der Waals surface area contributed by atoms with Gasteiger partial charge < -0.3 is 15.0 Å². The van der Waals surface area contributed by atoms with Crippen molar-refractivity contribution in [1.29, 1.82) is 0 Å². The van der Waals surface area contributed by atoms with Crippen molar-refractivity contribution in [3.05, 3.63) is 35.9 Å². The highest BCUT2D eigenvalue weighted by atomic mass is 19.3. The number of alkyl halides is 2. The number of nitrogens with one attached hydrogen (secondary N) is 1. The highest BCUT2D eigenvalue weighted by molar-refractivity contribution is 6.08. The highest BCUT2D eigenvalue weighted by Gasteiger charge is 2.35. The Bertz CT molecular complexity index is 1160. The zero-order valence-electron chi connectivity index (χ0n) is 18.1. The SMILES string of the molecule is CC(C)(C)n1cc(NC(=O)c2cnn3ccc(N4C[C@H]5CC[C@@H]4CO5)nc23)c(C(F)F)n1. The normalized spacial score (nSPS) is 21.0. The Morgan fingerprint density at radius 1 is 1.31 bits per heavy atom. The van der Waals surface area contributed by atoms with E-state index in [9.17, 15) is 13.6 Å². The number of hydrogen-bond donors (Lipinski definition) is 1. The molecule has 3 aliphatic heterocycles. The van der Waals surface area contributed by atoms with Gasteiger partial charge in [0, 0.05) is 18.9 Å². The van der Waals surface area contributed by atoms with Crippen LogP contribution in [0.5, 0.6) is 0 Å². The molecule has 3 fully saturated rings. The number of piperidine rings is 1. The van der Waals surface area contributed by atoms with Crippen molar-refractivity contribution in [3.8, 4) is 0 Å². The summed E-state index contributed by atoms with van der Waals surface area (Å²) in [5.74, 6) is 0.183. The van der Waals surface area contributed by atoms with Crippen LogP contribution in [0, 0.1) is 0 Å². The molecule has 0 aliphatic carbocycles. The lowest BCUT2D eigenvalue weighted by Crippen LogP contribution is -2.54. The first kappa shape index (κ1) is 20.8. The minimum atomic E-state index is -2.82. The van der Waals surface area contributed by atoms with Crippen LogP contribution in [0.2, 0.25) is 0 Å². The van der Waals surface area contributed by atoms with Gasteiger partial charge in [-0.1, -0.05) is 0 Å². The number of aromatic nitrogens is 5. The smallest absolute Gasteiger partial charge is 0.284 e. The van der Waals surface area contributed by atoms with Gasteiger partial charge >= 0.3 is 0 Å². The van der Waals surface area contributed by atoms with Crippen molar-refractivity contribution in [3.63, 3.8) is 0 Å². The van der Waals surface area contributed by atoms with Crippen LogP contribution in [0.25, 0.3) is 5.65 Å². The molecule has 6 heterocycles. The van der Waals surface area contributed by atoms with Gasteiger partial charge in [0.25, 0.3) is 12.3 Å². The predicted molar refractivity (Wildman–Crippen MR) is 113 cm³/mol. The van der Waals surface area contributed by atoms with Crippen LogP contribution in [0.1, 0.15) is 56.1 Å². The average Bonchev–Trinajstić information content (AvgIpc) is 3.38. The minimum absolute atomic E-state index is 0.0269. The van der Waals surface area contributed by atoms with E-state index in [1.54, 1.807) is 6.20 Å². The standard InChI is InChI=1S/C21H25F2N7O2/c1-21(2,3)30-10-15(17(27-30)18(22)23)25-20(31)14-8-24-29-7-6-16(26-19(14)29)28-9-13-5-4-12(28)11-32-13/h6-8,10,12-13,18H,4-5,9,11H2,1-3H3,(H,25,31)/t12-,13-/m1/s1. The van der Waals surface area contributed by atoms with Gasteiger partial charge in [0.15, 0.2) is 11.3 Å². The van der Waals surface area contributed by atoms with Crippen molar-refractivity contribution in [2.45, 2.75) is 57.7 Å². The molecular formula is C21H25F2N7O2. The van der Waals surface area contributed by atoms with E-state index in [1.165, 1.54) is 21.6 Å². The minimum Gasteiger partial charge on any atom is -0.374 e. The summed E-state index contributed by atoms with van der Waals surface area (Å²) in [6.45, 7) is 6.95. The molecule has 9 nitrogen and oxygen atoms in total. The molecule has 0 unspecified atom stereocenters. The van der Waals surface area contributed by atoms with Gasteiger partial charge in [-0.15, -0.1) is 0 Å². The zero-order chi connectivity index (χ0) is 22.6. The third-order valence-electron chi connectivity index (χ3n) is 5.97. The van der Waals surface area contributed by atoms with Gasteiger partial charge in [-0.3, -0.25) is 9.48 Å². The predicted octanol–water partition coefficient (Wildman–Crippen LogP) is 3.24. The molecular weight excluding hydrogens is 420 g/mol. The summed E-state index contributed by atoms with van der Waals surface area (Å²) in [5.41, 5.74) is -0.438. The fourth-order valence-electron chi connectivity index (χ4n) is 4.19. The lowest BCUT2D eigenvalue weighted by molar-refractivity contribution is -0.0228. The van der Waals surface area contributed by atoms with Crippen molar-refractivity contribution < 1.29 is 18.3 Å². The molecule has 0 radical (unpaired) electrons. The number of carbonyl (C=O) groups is 1. The number of nitrogens with zero attached hydrogens (tertiary/aromatic N) is 6. The number of morpholine rings is 1. The van der Waals surface area contributed by atoms with E-state index in [2.05, 4.69) is 25.4 Å². The Morgan fingerprint density at radius 3 is 2.75 bits per heavy atom. The lowest BCUT2D eigenvalue weighted by atomic mass is 9.97. The van der Waals surface area contributed by atoms with Crippen molar-refractivity contribution in [2.75, 3.05) is 23.4 Å². The average molecular weight is 445 g/mol. The Morgan fingerprint density at radius 2 is 2.12 bits per heavy atom. The molecule has 0 saturated carbocycles. The maximum atomic E-state index is 13.5. The molecule has 11 heteroatoms. The van der Waals surface area contributed by atoms with Gasteiger partial charge in [-0.25, -0.2) is 18.3 Å². The van der Waals surface area contributed by atoms with Crippen molar-refractivity contribution in [1.82, 2.24) is 24.4 Å². The molecule has 2 atom stereocenters. The number of anilines is 2. The van der Waals surface area contributed by atoms with Crippen LogP contribution < -0.4 is 10.2 Å². The third-order valence-corrected chi connectivity index (χ3v) is 5.97. The molecule has 6 rings (SSSR count). The Kier molecular flexibility index (Phi) is 4.88. The number of hydrogen-bond acceptors (Lipinski definition) is 6. The first-order valence-electron chi connectivity index (χ1n) is 10.6. The summed E-state index contributed by atoms with van der Waals surface area (Å²) in [6.07, 6.45) is 4.02. The maximum absolute atomic E-state index is 13.5. The van der Waals surface area contributed by atoms with Gasteiger partial charge in [-0.2, -0.15) is 10.2 Å². The van der Waals surface area contributed by atoms with E-state index in [0.717, 1.165) is 25.2 Å². The van der Waals surface area contributed by atoms with Crippen molar-refractivity contribution >= 4 is 23.1 Å². The molecule has 1 N–H and O–H groups in total. The van der Waals surface area contributed by atoms with E-state index < -0.39 is 23.6 Å². The fraction of sp³-hybridized carbons (Fsp3) is 0.524. The van der Waals surface area contributed by atoms with Gasteiger partial charge in [-0.05, 0) is 39.7 Å². The van der Waals surface area contributed by atoms with Crippen molar-refractivity contribution in [2.24, 2.45) is 0 Å². The van der Waals surface area contributed by atoms with Crippen LogP contribution in [-0.2, 0) is 10.3 Å². The summed E-state index contributed by atoms with van der Waals surface area (Å²) in [4.78, 5) is 19.9. The second-order valence-corrected chi connectivity index (χ2v) is 9.25. The van der Waals surface area contributed by atoms with E-state index in [1.807, 2.05) is 26.8 Å². The molecule has 3 aromatic rings. The Hall–Kier alpha value is -3.08. The third kappa shape index (κ3) is 3.60. The largest absolute Gasteiger partial charge is 0.374 e. The van der Waals surface area contributed by atoms with E-state index in [-0.39, 0.29) is 23.4 Å². The Balaban J connectivity index is 1.45. The van der Waals surface area contributed by atoms with E-state index in [0.29, 0.717) is 12.3 Å². The Labute approximate surface area is 183 Å². The van der Waals surface area contributed by atoms with E-state index >= 15 is 0 Å². The van der Waals surface area contributed by atoms with Gasteiger partial charge in [0.2, 0.25) is 0 Å². The van der Waals surface area contributed by atoms with Crippen LogP contribution in [0.15, 0.2) is 24.7 Å².